The highest BCUT2D eigenvalue weighted by atomic mass is 16.4. The molecule has 0 N–H and O–H groups in total. The van der Waals surface area contributed by atoms with Crippen molar-refractivity contribution in [1.82, 2.24) is 0 Å². The molecule has 5 heterocycles. The van der Waals surface area contributed by atoms with Crippen LogP contribution in [0.2, 0.25) is 0 Å². The predicted octanol–water partition coefficient (Wildman–Crippen LogP) is 4.74. The zero-order chi connectivity index (χ0) is 15.9. The molecule has 5 rings (SSSR count). The average molecular weight is 320 g/mol. The topological polar surface area (TPSA) is 52.6 Å². The molecular formula is C20H16O4. The van der Waals surface area contributed by atoms with Crippen LogP contribution >= 0.6 is 0 Å². The Morgan fingerprint density at radius 3 is 0.667 bits per heavy atom. The highest BCUT2D eigenvalue weighted by molar-refractivity contribution is 5.23. The number of hydrogen-bond donors (Lipinski definition) is 0. The summed E-state index contributed by atoms with van der Waals surface area (Å²) in [4.78, 5) is 0. The molecule has 4 aromatic heterocycles. The average Bonchev–Trinajstić information content (AvgIpc) is 3.32. The van der Waals surface area contributed by atoms with Gasteiger partial charge in [-0.15, -0.1) is 0 Å². The van der Waals surface area contributed by atoms with Crippen LogP contribution in [0.15, 0.2) is 66.2 Å². The van der Waals surface area contributed by atoms with Gasteiger partial charge in [0.05, 0.1) is 25.7 Å². The molecule has 1 aliphatic rings. The number of rotatable bonds is 0. The fraction of sp³-hybridized carbons (Fsp3) is 0.200. The fourth-order valence-corrected chi connectivity index (χ4v) is 3.14. The second-order valence-electron chi connectivity index (χ2n) is 6.18. The minimum Gasteiger partial charge on any atom is -0.465 e. The van der Waals surface area contributed by atoms with Gasteiger partial charge in [-0.2, -0.15) is 0 Å². The van der Waals surface area contributed by atoms with Crippen molar-refractivity contribution in [1.29, 1.82) is 0 Å². The summed E-state index contributed by atoms with van der Waals surface area (Å²) in [5.74, 6) is 7.15. The lowest BCUT2D eigenvalue weighted by atomic mass is 10.2. The highest BCUT2D eigenvalue weighted by Crippen LogP contribution is 2.23. The normalized spacial score (nSPS) is 14.0. The molecule has 4 heteroatoms. The van der Waals surface area contributed by atoms with E-state index in [0.717, 1.165) is 46.1 Å². The third-order valence-electron chi connectivity index (χ3n) is 4.26. The van der Waals surface area contributed by atoms with Gasteiger partial charge in [0.15, 0.2) is 0 Å². The Morgan fingerprint density at radius 1 is 0.333 bits per heavy atom. The summed E-state index contributed by atoms with van der Waals surface area (Å²) in [7, 11) is 0. The van der Waals surface area contributed by atoms with Crippen LogP contribution in [0.5, 0.6) is 0 Å². The van der Waals surface area contributed by atoms with Crippen molar-refractivity contribution >= 4 is 0 Å². The molecule has 4 aromatic rings. The second kappa shape index (κ2) is 5.34. The van der Waals surface area contributed by atoms with E-state index in [4.69, 9.17) is 17.7 Å². The maximum absolute atomic E-state index is 5.90. The number of hydrogen-bond acceptors (Lipinski definition) is 4. The van der Waals surface area contributed by atoms with Gasteiger partial charge in [-0.3, -0.25) is 0 Å². The Kier molecular flexibility index (Phi) is 3.01. The molecule has 1 aliphatic heterocycles. The first-order valence-electron chi connectivity index (χ1n) is 8.10. The first-order chi connectivity index (χ1) is 11.8. The Morgan fingerprint density at radius 2 is 0.500 bits per heavy atom. The van der Waals surface area contributed by atoms with Crippen molar-refractivity contribution in [3.8, 4) is 0 Å². The van der Waals surface area contributed by atoms with Gasteiger partial charge in [-0.25, -0.2) is 0 Å². The van der Waals surface area contributed by atoms with Crippen molar-refractivity contribution in [2.24, 2.45) is 0 Å². The van der Waals surface area contributed by atoms with Crippen LogP contribution in [0, 0.1) is 0 Å². The molecule has 0 aromatic carbocycles. The summed E-state index contributed by atoms with van der Waals surface area (Å²) in [6.07, 6.45) is 2.58. The Bertz CT molecular complexity index is 752. The van der Waals surface area contributed by atoms with E-state index in [1.54, 1.807) is 0 Å². The van der Waals surface area contributed by atoms with Crippen molar-refractivity contribution in [3.05, 3.63) is 94.6 Å². The summed E-state index contributed by atoms with van der Waals surface area (Å²) in [5, 5.41) is 0. The van der Waals surface area contributed by atoms with Gasteiger partial charge in [-0.1, -0.05) is 0 Å². The van der Waals surface area contributed by atoms with Crippen molar-refractivity contribution in [2.45, 2.75) is 25.7 Å². The van der Waals surface area contributed by atoms with Crippen LogP contribution in [-0.2, 0) is 25.7 Å². The maximum atomic E-state index is 5.90. The minimum atomic E-state index is 0.646. The lowest BCUT2D eigenvalue weighted by molar-refractivity contribution is 0.405. The molecule has 0 unspecified atom stereocenters. The monoisotopic (exact) mass is 320 g/mol. The van der Waals surface area contributed by atoms with Crippen LogP contribution in [0.4, 0.5) is 0 Å². The fourth-order valence-electron chi connectivity index (χ4n) is 3.14. The standard InChI is InChI=1S/C20H16O4/c1-2-14-10-16-5-6-18(23-16)12-20-8-7-19(24-20)11-17-4-3-15(22-17)9-13(1)21-14/h1-8H,9-12H2. The van der Waals surface area contributed by atoms with Crippen LogP contribution in [0.25, 0.3) is 0 Å². The molecule has 4 nitrogen and oxygen atoms in total. The molecule has 0 amide bonds. The lowest BCUT2D eigenvalue weighted by Gasteiger charge is -1.98. The molecule has 0 radical (unpaired) electrons. The van der Waals surface area contributed by atoms with Gasteiger partial charge in [0.2, 0.25) is 0 Å². The van der Waals surface area contributed by atoms with Crippen molar-refractivity contribution in [2.75, 3.05) is 0 Å². The van der Waals surface area contributed by atoms with E-state index in [9.17, 15) is 0 Å². The Labute approximate surface area is 138 Å². The molecule has 0 spiro atoms. The summed E-state index contributed by atoms with van der Waals surface area (Å²) < 4.78 is 23.6. The van der Waals surface area contributed by atoms with Gasteiger partial charge in [-0.05, 0) is 48.5 Å². The lowest BCUT2D eigenvalue weighted by Crippen LogP contribution is -1.86. The van der Waals surface area contributed by atoms with Crippen LogP contribution in [-0.4, -0.2) is 0 Å². The van der Waals surface area contributed by atoms with Crippen LogP contribution < -0.4 is 0 Å². The minimum absolute atomic E-state index is 0.646. The quantitative estimate of drug-likeness (QED) is 0.414. The summed E-state index contributed by atoms with van der Waals surface area (Å²) in [6, 6.07) is 16.0. The molecule has 0 aliphatic carbocycles. The van der Waals surface area contributed by atoms with E-state index in [1.807, 2.05) is 48.5 Å². The SMILES string of the molecule is c1cc2oc1Cc1ccc(o1)Cc1ccc(o1)Cc1ccc(o1)C2. The zero-order valence-electron chi connectivity index (χ0n) is 13.1. The van der Waals surface area contributed by atoms with Gasteiger partial charge in [0.25, 0.3) is 0 Å². The van der Waals surface area contributed by atoms with E-state index in [0.29, 0.717) is 25.7 Å². The molecule has 0 fully saturated rings. The van der Waals surface area contributed by atoms with E-state index in [2.05, 4.69) is 0 Å². The highest BCUT2D eigenvalue weighted by Gasteiger charge is 2.13. The van der Waals surface area contributed by atoms with Gasteiger partial charge in [0, 0.05) is 0 Å². The van der Waals surface area contributed by atoms with Crippen LogP contribution in [0.1, 0.15) is 46.1 Å². The van der Waals surface area contributed by atoms with E-state index in [-0.39, 0.29) is 0 Å². The molecule has 0 saturated heterocycles. The van der Waals surface area contributed by atoms with E-state index >= 15 is 0 Å². The van der Waals surface area contributed by atoms with E-state index in [1.165, 1.54) is 0 Å². The summed E-state index contributed by atoms with van der Waals surface area (Å²) in [6.45, 7) is 0. The molecule has 0 atom stereocenters. The molecule has 8 bridgehead atoms. The van der Waals surface area contributed by atoms with Crippen molar-refractivity contribution < 1.29 is 17.7 Å². The summed E-state index contributed by atoms with van der Waals surface area (Å²) >= 11 is 0. The third-order valence-corrected chi connectivity index (χ3v) is 4.26. The Balaban J connectivity index is 1.54. The molecule has 120 valence electrons. The largest absolute Gasteiger partial charge is 0.465 e. The van der Waals surface area contributed by atoms with E-state index < -0.39 is 0 Å². The zero-order valence-corrected chi connectivity index (χ0v) is 13.1. The smallest absolute Gasteiger partial charge is 0.111 e. The summed E-state index contributed by atoms with van der Waals surface area (Å²) in [5.41, 5.74) is 0. The van der Waals surface area contributed by atoms with Gasteiger partial charge < -0.3 is 17.7 Å². The van der Waals surface area contributed by atoms with Crippen LogP contribution in [0.3, 0.4) is 0 Å². The third kappa shape index (κ3) is 2.60. The second-order valence-corrected chi connectivity index (χ2v) is 6.18. The van der Waals surface area contributed by atoms with Crippen molar-refractivity contribution in [3.63, 3.8) is 0 Å². The number of furan rings is 4. The predicted molar refractivity (Wildman–Crippen MR) is 86.1 cm³/mol. The Hall–Kier alpha value is -2.88. The molecule has 24 heavy (non-hydrogen) atoms. The van der Waals surface area contributed by atoms with Gasteiger partial charge in [0.1, 0.15) is 46.1 Å². The first-order valence-corrected chi connectivity index (χ1v) is 8.10. The maximum Gasteiger partial charge on any atom is 0.111 e. The van der Waals surface area contributed by atoms with Gasteiger partial charge >= 0.3 is 0 Å². The number of fused-ring (bicyclic) bond motifs is 8. The molecule has 0 saturated carbocycles. The molecular weight excluding hydrogens is 304 g/mol. The first kappa shape index (κ1) is 13.5.